The summed E-state index contributed by atoms with van der Waals surface area (Å²) in [5, 5.41) is 15.9. The van der Waals surface area contributed by atoms with E-state index in [0.29, 0.717) is 17.9 Å². The number of carbonyl (C=O) groups excluding carboxylic acids is 1. The highest BCUT2D eigenvalue weighted by Crippen LogP contribution is 2.34. The highest BCUT2D eigenvalue weighted by molar-refractivity contribution is 5.85. The van der Waals surface area contributed by atoms with Crippen molar-refractivity contribution < 1.29 is 14.6 Å². The summed E-state index contributed by atoms with van der Waals surface area (Å²) in [5.41, 5.74) is 0.536. The molecule has 1 aliphatic heterocycles. The van der Waals surface area contributed by atoms with Crippen LogP contribution < -0.4 is 15.4 Å². The smallest absolute Gasteiger partial charge is 0.242 e. The van der Waals surface area contributed by atoms with Gasteiger partial charge >= 0.3 is 0 Å². The lowest BCUT2D eigenvalue weighted by atomic mass is 10.0. The van der Waals surface area contributed by atoms with Crippen LogP contribution in [0.3, 0.4) is 0 Å². The minimum absolute atomic E-state index is 0.0113. The van der Waals surface area contributed by atoms with E-state index in [1.165, 1.54) is 7.11 Å². The number of benzene rings is 1. The first-order valence-electron chi connectivity index (χ1n) is 5.53. The van der Waals surface area contributed by atoms with Gasteiger partial charge in [-0.05, 0) is 13.0 Å². The first kappa shape index (κ1) is 11.7. The SMILES string of the molecule is COc1cccc(C2NCC(C)NC2=O)c1O. The van der Waals surface area contributed by atoms with E-state index in [1.54, 1.807) is 18.2 Å². The Hall–Kier alpha value is -1.75. The van der Waals surface area contributed by atoms with E-state index in [2.05, 4.69) is 10.6 Å². The first-order valence-corrected chi connectivity index (χ1v) is 5.53. The standard InChI is InChI=1S/C12H16N2O3/c1-7-6-13-10(12(16)14-7)8-4-3-5-9(17-2)11(8)15/h3-5,7,10,13,15H,6H2,1-2H3,(H,14,16). The molecule has 0 radical (unpaired) electrons. The van der Waals surface area contributed by atoms with Crippen molar-refractivity contribution in [3.05, 3.63) is 23.8 Å². The number of hydrogen-bond acceptors (Lipinski definition) is 4. The van der Waals surface area contributed by atoms with Gasteiger partial charge in [0.2, 0.25) is 5.91 Å². The molecule has 5 nitrogen and oxygen atoms in total. The van der Waals surface area contributed by atoms with Gasteiger partial charge < -0.3 is 20.5 Å². The summed E-state index contributed by atoms with van der Waals surface area (Å²) in [7, 11) is 1.48. The number of ether oxygens (including phenoxy) is 1. The zero-order valence-electron chi connectivity index (χ0n) is 9.86. The molecule has 0 aromatic heterocycles. The summed E-state index contributed by atoms with van der Waals surface area (Å²) in [5.74, 6) is 0.250. The molecule has 1 aromatic carbocycles. The van der Waals surface area contributed by atoms with Gasteiger partial charge in [-0.15, -0.1) is 0 Å². The second-order valence-corrected chi connectivity index (χ2v) is 4.15. The predicted octanol–water partition coefficient (Wildman–Crippen LogP) is 0.550. The molecular formula is C12H16N2O3. The topological polar surface area (TPSA) is 70.6 Å². The minimum Gasteiger partial charge on any atom is -0.504 e. The Kier molecular flexibility index (Phi) is 3.19. The molecule has 17 heavy (non-hydrogen) atoms. The molecule has 2 unspecified atom stereocenters. The molecule has 2 atom stereocenters. The molecule has 0 saturated carbocycles. The number of carbonyl (C=O) groups is 1. The highest BCUT2D eigenvalue weighted by atomic mass is 16.5. The van der Waals surface area contributed by atoms with Crippen LogP contribution in [0.15, 0.2) is 18.2 Å². The lowest BCUT2D eigenvalue weighted by Gasteiger charge is -2.29. The highest BCUT2D eigenvalue weighted by Gasteiger charge is 2.29. The van der Waals surface area contributed by atoms with Crippen LogP contribution in [-0.4, -0.2) is 30.7 Å². The Morgan fingerprint density at radius 1 is 1.47 bits per heavy atom. The largest absolute Gasteiger partial charge is 0.504 e. The molecule has 1 fully saturated rings. The van der Waals surface area contributed by atoms with Gasteiger partial charge in [0.25, 0.3) is 0 Å². The van der Waals surface area contributed by atoms with Crippen LogP contribution >= 0.6 is 0 Å². The Morgan fingerprint density at radius 2 is 2.24 bits per heavy atom. The van der Waals surface area contributed by atoms with Gasteiger partial charge in [0.1, 0.15) is 6.04 Å². The van der Waals surface area contributed by atoms with Crippen molar-refractivity contribution in [3.8, 4) is 11.5 Å². The van der Waals surface area contributed by atoms with Crippen LogP contribution in [0, 0.1) is 0 Å². The lowest BCUT2D eigenvalue weighted by molar-refractivity contribution is -0.125. The second-order valence-electron chi connectivity index (χ2n) is 4.15. The summed E-state index contributed by atoms with van der Waals surface area (Å²) < 4.78 is 5.02. The molecule has 1 aliphatic rings. The number of hydrogen-bond donors (Lipinski definition) is 3. The summed E-state index contributed by atoms with van der Waals surface area (Å²) in [6, 6.07) is 4.70. The van der Waals surface area contributed by atoms with Crippen LogP contribution in [0.1, 0.15) is 18.5 Å². The van der Waals surface area contributed by atoms with Crippen LogP contribution in [0.2, 0.25) is 0 Å². The van der Waals surface area contributed by atoms with Crippen molar-refractivity contribution in [1.82, 2.24) is 10.6 Å². The maximum Gasteiger partial charge on any atom is 0.242 e. The molecule has 0 bridgehead atoms. The van der Waals surface area contributed by atoms with Crippen LogP contribution in [0.5, 0.6) is 11.5 Å². The molecule has 1 aromatic rings. The van der Waals surface area contributed by atoms with Crippen LogP contribution in [-0.2, 0) is 4.79 Å². The number of para-hydroxylation sites is 1. The lowest BCUT2D eigenvalue weighted by Crippen LogP contribution is -2.52. The monoisotopic (exact) mass is 236 g/mol. The van der Waals surface area contributed by atoms with E-state index in [-0.39, 0.29) is 17.7 Å². The number of piperazine rings is 1. The maximum absolute atomic E-state index is 11.8. The van der Waals surface area contributed by atoms with Gasteiger partial charge in [-0.25, -0.2) is 0 Å². The van der Waals surface area contributed by atoms with E-state index in [1.807, 2.05) is 6.92 Å². The molecule has 5 heteroatoms. The summed E-state index contributed by atoms with van der Waals surface area (Å²) >= 11 is 0. The molecule has 1 saturated heterocycles. The van der Waals surface area contributed by atoms with Gasteiger partial charge in [-0.1, -0.05) is 12.1 Å². The Balaban J connectivity index is 2.31. The number of amides is 1. The minimum atomic E-state index is -0.527. The van der Waals surface area contributed by atoms with Gasteiger partial charge in [0.15, 0.2) is 11.5 Å². The molecule has 2 rings (SSSR count). The molecule has 0 aliphatic carbocycles. The van der Waals surface area contributed by atoms with Gasteiger partial charge in [0, 0.05) is 18.2 Å². The maximum atomic E-state index is 11.8. The first-order chi connectivity index (χ1) is 8.13. The predicted molar refractivity (Wildman–Crippen MR) is 63.0 cm³/mol. The number of phenols is 1. The van der Waals surface area contributed by atoms with E-state index in [4.69, 9.17) is 4.74 Å². The van der Waals surface area contributed by atoms with Crippen molar-refractivity contribution in [1.29, 1.82) is 0 Å². The molecule has 0 spiro atoms. The number of methoxy groups -OCH3 is 1. The molecule has 3 N–H and O–H groups in total. The van der Waals surface area contributed by atoms with Crippen LogP contribution in [0.4, 0.5) is 0 Å². The summed E-state index contributed by atoms with van der Waals surface area (Å²) in [6.45, 7) is 2.60. The third-order valence-electron chi connectivity index (χ3n) is 2.84. The summed E-state index contributed by atoms with van der Waals surface area (Å²) in [4.78, 5) is 11.8. The van der Waals surface area contributed by atoms with Crippen molar-refractivity contribution in [2.45, 2.75) is 19.0 Å². The number of rotatable bonds is 2. The van der Waals surface area contributed by atoms with Gasteiger partial charge in [-0.3, -0.25) is 4.79 Å². The van der Waals surface area contributed by atoms with E-state index < -0.39 is 6.04 Å². The number of phenolic OH excluding ortho intramolecular Hbond substituents is 1. The number of aromatic hydroxyl groups is 1. The van der Waals surface area contributed by atoms with Crippen molar-refractivity contribution in [2.24, 2.45) is 0 Å². The van der Waals surface area contributed by atoms with E-state index in [0.717, 1.165) is 0 Å². The fraction of sp³-hybridized carbons (Fsp3) is 0.417. The Morgan fingerprint density at radius 3 is 2.88 bits per heavy atom. The molecule has 92 valence electrons. The second kappa shape index (κ2) is 4.63. The van der Waals surface area contributed by atoms with E-state index >= 15 is 0 Å². The quantitative estimate of drug-likeness (QED) is 0.701. The average molecular weight is 236 g/mol. The van der Waals surface area contributed by atoms with Crippen LogP contribution in [0.25, 0.3) is 0 Å². The molecule has 1 amide bonds. The Bertz CT molecular complexity index is 434. The third-order valence-corrected chi connectivity index (χ3v) is 2.84. The molecular weight excluding hydrogens is 220 g/mol. The third kappa shape index (κ3) is 2.19. The number of nitrogens with one attached hydrogen (secondary N) is 2. The fourth-order valence-electron chi connectivity index (χ4n) is 1.95. The normalized spacial score (nSPS) is 24.2. The fourth-order valence-corrected chi connectivity index (χ4v) is 1.95. The van der Waals surface area contributed by atoms with E-state index in [9.17, 15) is 9.90 Å². The van der Waals surface area contributed by atoms with Crippen molar-refractivity contribution >= 4 is 5.91 Å². The zero-order chi connectivity index (χ0) is 12.4. The summed E-state index contributed by atoms with van der Waals surface area (Å²) in [6.07, 6.45) is 0. The average Bonchev–Trinajstić information content (AvgIpc) is 2.30. The molecule has 1 heterocycles. The zero-order valence-corrected chi connectivity index (χ0v) is 9.86. The Labute approximate surface area is 99.8 Å². The van der Waals surface area contributed by atoms with Gasteiger partial charge in [0.05, 0.1) is 7.11 Å². The van der Waals surface area contributed by atoms with Gasteiger partial charge in [-0.2, -0.15) is 0 Å². The van der Waals surface area contributed by atoms with Crippen molar-refractivity contribution in [2.75, 3.05) is 13.7 Å². The van der Waals surface area contributed by atoms with Crippen molar-refractivity contribution in [3.63, 3.8) is 0 Å².